The van der Waals surface area contributed by atoms with Gasteiger partial charge in [0.05, 0.1) is 18.3 Å². The molecular formula is C22H32BNO5. The highest BCUT2D eigenvalue weighted by Crippen LogP contribution is 2.36. The zero-order valence-electron chi connectivity index (χ0n) is 17.5. The van der Waals surface area contributed by atoms with E-state index in [1.165, 1.54) is 19.8 Å². The number of para-hydroxylation sites is 1. The number of unbranched alkanes of at least 4 members (excludes halogenated alkanes) is 1. The van der Waals surface area contributed by atoms with Crippen LogP contribution in [0.3, 0.4) is 0 Å². The van der Waals surface area contributed by atoms with E-state index in [-0.39, 0.29) is 29.9 Å². The lowest BCUT2D eigenvalue weighted by Gasteiger charge is -2.31. The van der Waals surface area contributed by atoms with E-state index >= 15 is 0 Å². The van der Waals surface area contributed by atoms with Crippen molar-refractivity contribution in [2.24, 2.45) is 0 Å². The fraction of sp³-hybridized carbons (Fsp3) is 0.636. The summed E-state index contributed by atoms with van der Waals surface area (Å²) >= 11 is 0. The number of fused-ring (bicyclic) bond motifs is 1. The summed E-state index contributed by atoms with van der Waals surface area (Å²) in [7, 11) is -1.08. The molecule has 0 saturated carbocycles. The molecule has 3 atom stereocenters. The molecule has 2 unspecified atom stereocenters. The molecule has 0 amide bonds. The average Bonchev–Trinajstić information content (AvgIpc) is 2.69. The number of carbonyl (C=O) groups excluding carboxylic acids is 2. The summed E-state index contributed by atoms with van der Waals surface area (Å²) in [5.74, 6) is 0.143. The summed E-state index contributed by atoms with van der Waals surface area (Å²) < 4.78 is 11.5. The quantitative estimate of drug-likeness (QED) is 0.376. The second-order valence-corrected chi connectivity index (χ2v) is 8.31. The zero-order valence-corrected chi connectivity index (χ0v) is 17.5. The van der Waals surface area contributed by atoms with Crippen LogP contribution in [0.4, 0.5) is 0 Å². The average molecular weight is 401 g/mol. The predicted molar refractivity (Wildman–Crippen MR) is 112 cm³/mol. The van der Waals surface area contributed by atoms with E-state index in [1.807, 2.05) is 12.1 Å². The minimum absolute atomic E-state index is 0.0371. The molecule has 0 spiro atoms. The van der Waals surface area contributed by atoms with E-state index in [0.29, 0.717) is 36.8 Å². The molecule has 1 aromatic carbocycles. The summed E-state index contributed by atoms with van der Waals surface area (Å²) in [6, 6.07) is 5.79. The Morgan fingerprint density at radius 3 is 2.79 bits per heavy atom. The highest BCUT2D eigenvalue weighted by Gasteiger charge is 2.37. The molecule has 7 heteroatoms. The fourth-order valence-electron chi connectivity index (χ4n) is 4.18. The van der Waals surface area contributed by atoms with Crippen molar-refractivity contribution >= 4 is 18.7 Å². The molecule has 158 valence electrons. The van der Waals surface area contributed by atoms with Crippen molar-refractivity contribution in [3.63, 3.8) is 0 Å². The van der Waals surface area contributed by atoms with Crippen molar-refractivity contribution in [1.29, 1.82) is 0 Å². The molecule has 2 aliphatic rings. The smallest absolute Gasteiger partial charge is 0.526 e. The lowest BCUT2D eigenvalue weighted by Crippen LogP contribution is -2.41. The molecule has 2 N–H and O–H groups in total. The summed E-state index contributed by atoms with van der Waals surface area (Å²) in [4.78, 5) is 24.4. The number of nitrogens with one attached hydrogen (secondary N) is 1. The second-order valence-electron chi connectivity index (χ2n) is 8.31. The van der Waals surface area contributed by atoms with Crippen LogP contribution in [0.1, 0.15) is 68.3 Å². The van der Waals surface area contributed by atoms with Gasteiger partial charge in [-0.2, -0.15) is 0 Å². The number of Topliss-reactive ketones (excluding diaryl/α,β-unsaturated/α-hetero) is 2. The van der Waals surface area contributed by atoms with Crippen LogP contribution in [-0.4, -0.2) is 49.0 Å². The first-order valence-corrected chi connectivity index (χ1v) is 10.8. The number of ether oxygens (including phenoxy) is 1. The molecule has 3 rings (SSSR count). The summed E-state index contributed by atoms with van der Waals surface area (Å²) in [5.41, 5.74) is 1.35. The first-order valence-electron chi connectivity index (χ1n) is 10.8. The SMILES string of the molecule is CCCCNC1CCC(CC(=O)C[C@H]2Cc3cccc(C(C)=O)c3OB2O)OC1. The minimum Gasteiger partial charge on any atom is -0.535 e. The number of carbonyl (C=O) groups is 2. The van der Waals surface area contributed by atoms with Crippen molar-refractivity contribution < 1.29 is 24.0 Å². The lowest BCUT2D eigenvalue weighted by atomic mass is 9.64. The maximum Gasteiger partial charge on any atom is 0.526 e. The molecule has 6 nitrogen and oxygen atoms in total. The lowest BCUT2D eigenvalue weighted by molar-refractivity contribution is -0.123. The van der Waals surface area contributed by atoms with E-state index in [2.05, 4.69) is 12.2 Å². The second kappa shape index (κ2) is 10.4. The van der Waals surface area contributed by atoms with Crippen molar-refractivity contribution in [1.82, 2.24) is 5.32 Å². The van der Waals surface area contributed by atoms with Crippen LogP contribution in [0.5, 0.6) is 5.75 Å². The molecule has 29 heavy (non-hydrogen) atoms. The molecule has 0 radical (unpaired) electrons. The maximum absolute atomic E-state index is 12.6. The van der Waals surface area contributed by atoms with Crippen molar-refractivity contribution in [3.05, 3.63) is 29.3 Å². The van der Waals surface area contributed by atoms with Gasteiger partial charge in [0, 0.05) is 24.7 Å². The van der Waals surface area contributed by atoms with Crippen LogP contribution < -0.4 is 9.97 Å². The Morgan fingerprint density at radius 2 is 2.10 bits per heavy atom. The number of rotatable bonds is 9. The van der Waals surface area contributed by atoms with Gasteiger partial charge in [0.1, 0.15) is 11.5 Å². The van der Waals surface area contributed by atoms with Crippen LogP contribution in [0.2, 0.25) is 5.82 Å². The van der Waals surface area contributed by atoms with Crippen LogP contribution in [0, 0.1) is 0 Å². The Bertz CT molecular complexity index is 717. The molecule has 2 heterocycles. The monoisotopic (exact) mass is 401 g/mol. The fourth-order valence-corrected chi connectivity index (χ4v) is 4.18. The highest BCUT2D eigenvalue weighted by atomic mass is 16.5. The molecule has 0 bridgehead atoms. The molecule has 0 aromatic heterocycles. The normalized spacial score (nSPS) is 24.0. The van der Waals surface area contributed by atoms with Crippen LogP contribution in [0.15, 0.2) is 18.2 Å². The Morgan fingerprint density at radius 1 is 1.28 bits per heavy atom. The zero-order chi connectivity index (χ0) is 20.8. The molecular weight excluding hydrogens is 369 g/mol. The van der Waals surface area contributed by atoms with Crippen molar-refractivity contribution in [2.45, 2.75) is 76.8 Å². The Balaban J connectivity index is 1.48. The molecule has 1 fully saturated rings. The molecule has 1 saturated heterocycles. The third-order valence-corrected chi connectivity index (χ3v) is 5.88. The van der Waals surface area contributed by atoms with E-state index < -0.39 is 7.12 Å². The van der Waals surface area contributed by atoms with Gasteiger partial charge in [-0.05, 0) is 50.8 Å². The van der Waals surface area contributed by atoms with E-state index in [0.717, 1.165) is 24.9 Å². The van der Waals surface area contributed by atoms with Crippen molar-refractivity contribution in [2.75, 3.05) is 13.2 Å². The molecule has 1 aromatic rings. The van der Waals surface area contributed by atoms with Gasteiger partial charge in [0.15, 0.2) is 5.78 Å². The summed E-state index contributed by atoms with van der Waals surface area (Å²) in [5, 5.41) is 13.9. The van der Waals surface area contributed by atoms with Crippen LogP contribution in [0.25, 0.3) is 0 Å². The Hall–Kier alpha value is -1.70. The maximum atomic E-state index is 12.6. The standard InChI is InChI=1S/C22H32BNO5/c1-3-4-10-24-18-8-9-20(28-14-18)13-19(26)12-17-11-16-6-5-7-21(15(2)25)22(16)29-23(17)27/h5-7,17-18,20,24,27H,3-4,8-14H2,1-2H3/t17-,18?,20?/m1/s1. The third kappa shape index (κ3) is 5.90. The number of benzene rings is 1. The van der Waals surface area contributed by atoms with Crippen molar-refractivity contribution in [3.8, 4) is 5.75 Å². The number of hydrogen-bond donors (Lipinski definition) is 2. The van der Waals surface area contributed by atoms with Gasteiger partial charge in [-0.3, -0.25) is 9.59 Å². The highest BCUT2D eigenvalue weighted by molar-refractivity contribution is 6.47. The largest absolute Gasteiger partial charge is 0.535 e. The topological polar surface area (TPSA) is 84.9 Å². The van der Waals surface area contributed by atoms with Gasteiger partial charge >= 0.3 is 7.12 Å². The van der Waals surface area contributed by atoms with E-state index in [9.17, 15) is 14.6 Å². The van der Waals surface area contributed by atoms with Gasteiger partial charge in [-0.15, -0.1) is 0 Å². The van der Waals surface area contributed by atoms with Gasteiger partial charge in [-0.25, -0.2) is 0 Å². The van der Waals surface area contributed by atoms with Gasteiger partial charge < -0.3 is 19.7 Å². The van der Waals surface area contributed by atoms with E-state index in [4.69, 9.17) is 9.39 Å². The van der Waals surface area contributed by atoms with Gasteiger partial charge in [-0.1, -0.05) is 25.5 Å². The van der Waals surface area contributed by atoms with Crippen LogP contribution >= 0.6 is 0 Å². The van der Waals surface area contributed by atoms with Gasteiger partial charge in [0.25, 0.3) is 0 Å². The summed E-state index contributed by atoms with van der Waals surface area (Å²) in [6.07, 6.45) is 5.37. The van der Waals surface area contributed by atoms with Gasteiger partial charge in [0.2, 0.25) is 0 Å². The first kappa shape index (κ1) is 22.0. The third-order valence-electron chi connectivity index (χ3n) is 5.88. The first-order chi connectivity index (χ1) is 14.0. The Labute approximate surface area is 173 Å². The minimum atomic E-state index is -1.08. The van der Waals surface area contributed by atoms with Crippen LogP contribution in [-0.2, 0) is 16.0 Å². The molecule has 0 aliphatic carbocycles. The Kier molecular flexibility index (Phi) is 7.87. The van der Waals surface area contributed by atoms with E-state index in [1.54, 1.807) is 6.07 Å². The number of ketones is 2. The summed E-state index contributed by atoms with van der Waals surface area (Å²) in [6.45, 7) is 5.32. The number of hydrogen-bond acceptors (Lipinski definition) is 6. The molecule has 2 aliphatic heterocycles. The predicted octanol–water partition coefficient (Wildman–Crippen LogP) is 2.96.